The van der Waals surface area contributed by atoms with Gasteiger partial charge in [-0.05, 0) is 55.0 Å². The van der Waals surface area contributed by atoms with Crippen molar-refractivity contribution in [1.29, 1.82) is 0 Å². The quantitative estimate of drug-likeness (QED) is 0.225. The molecule has 7 heteroatoms. The second-order valence-electron chi connectivity index (χ2n) is 7.90. The summed E-state index contributed by atoms with van der Waals surface area (Å²) in [6, 6.07) is 2.28. The monoisotopic (exact) mass is 520 g/mol. The lowest BCUT2D eigenvalue weighted by atomic mass is 9.83. The van der Waals surface area contributed by atoms with Crippen LogP contribution in [0.3, 0.4) is 0 Å². The van der Waals surface area contributed by atoms with Crippen molar-refractivity contribution in [2.45, 2.75) is 52.0 Å². The minimum atomic E-state index is 0. The lowest BCUT2D eigenvalue weighted by Gasteiger charge is -2.30. The van der Waals surface area contributed by atoms with E-state index in [0.29, 0.717) is 5.41 Å². The lowest BCUT2D eigenvalue weighted by Crippen LogP contribution is -2.45. The third kappa shape index (κ3) is 6.85. The fraction of sp³-hybridized carbons (Fsp3) is 0.762. The molecule has 0 radical (unpaired) electrons. The molecule has 1 aliphatic carbocycles. The van der Waals surface area contributed by atoms with Crippen LogP contribution in [0, 0.1) is 5.41 Å². The van der Waals surface area contributed by atoms with Crippen LogP contribution < -0.4 is 10.6 Å². The molecule has 160 valence electrons. The van der Waals surface area contributed by atoms with Crippen LogP contribution in [0.4, 0.5) is 0 Å². The number of guanidine groups is 1. The van der Waals surface area contributed by atoms with Gasteiger partial charge in [-0.25, -0.2) is 0 Å². The normalized spacial score (nSPS) is 19.1. The molecule has 2 heterocycles. The summed E-state index contributed by atoms with van der Waals surface area (Å²) in [6.45, 7) is 9.03. The third-order valence-corrected chi connectivity index (χ3v) is 7.13. The topological polar surface area (TPSA) is 48.9 Å². The van der Waals surface area contributed by atoms with Gasteiger partial charge in [0.15, 0.2) is 5.96 Å². The Labute approximate surface area is 191 Å². The Morgan fingerprint density at radius 2 is 2.14 bits per heavy atom. The van der Waals surface area contributed by atoms with Crippen LogP contribution in [0.25, 0.3) is 0 Å². The van der Waals surface area contributed by atoms with Crippen LogP contribution >= 0.6 is 35.3 Å². The first-order valence-electron chi connectivity index (χ1n) is 10.5. The highest BCUT2D eigenvalue weighted by molar-refractivity contribution is 14.0. The van der Waals surface area contributed by atoms with Gasteiger partial charge in [0.05, 0.1) is 0 Å². The van der Waals surface area contributed by atoms with Crippen molar-refractivity contribution in [1.82, 2.24) is 15.5 Å². The van der Waals surface area contributed by atoms with E-state index in [4.69, 9.17) is 4.74 Å². The van der Waals surface area contributed by atoms with Gasteiger partial charge in [-0.15, -0.1) is 35.3 Å². The highest BCUT2D eigenvalue weighted by atomic mass is 127. The van der Waals surface area contributed by atoms with E-state index < -0.39 is 0 Å². The average molecular weight is 521 g/mol. The maximum Gasteiger partial charge on any atom is 0.191 e. The first-order chi connectivity index (χ1) is 13.2. The predicted molar refractivity (Wildman–Crippen MR) is 130 cm³/mol. The van der Waals surface area contributed by atoms with E-state index in [-0.39, 0.29) is 24.0 Å². The molecule has 0 aromatic carbocycles. The number of ether oxygens (including phenoxy) is 1. The zero-order valence-corrected chi connectivity index (χ0v) is 20.6. The second-order valence-corrected chi connectivity index (χ2v) is 8.90. The third-order valence-electron chi connectivity index (χ3n) is 6.11. The van der Waals surface area contributed by atoms with Crippen LogP contribution in [0.2, 0.25) is 0 Å². The number of rotatable bonds is 9. The van der Waals surface area contributed by atoms with E-state index >= 15 is 0 Å². The molecule has 1 saturated carbocycles. The Hall–Kier alpha value is -0.380. The molecule has 1 fully saturated rings. The van der Waals surface area contributed by atoms with Crippen LogP contribution in [-0.4, -0.2) is 57.3 Å². The van der Waals surface area contributed by atoms with Crippen molar-refractivity contribution in [2.24, 2.45) is 10.4 Å². The molecule has 0 bridgehead atoms. The number of hydrogen-bond donors (Lipinski definition) is 2. The van der Waals surface area contributed by atoms with Gasteiger partial charge in [0, 0.05) is 57.9 Å². The summed E-state index contributed by atoms with van der Waals surface area (Å²) in [5.74, 6) is 0.936. The van der Waals surface area contributed by atoms with Crippen molar-refractivity contribution in [3.63, 3.8) is 0 Å². The van der Waals surface area contributed by atoms with Crippen LogP contribution in [0.15, 0.2) is 16.4 Å². The molecular formula is C21H37IN4OS. The largest absolute Gasteiger partial charge is 0.382 e. The lowest BCUT2D eigenvalue weighted by molar-refractivity contribution is 0.105. The Bertz CT molecular complexity index is 601. The SMILES string of the molecule is CCOCCC1(CNC(=NC)NCCN2CCc3sccc3C2)CCCC1.I. The van der Waals surface area contributed by atoms with E-state index in [1.54, 1.807) is 4.88 Å². The van der Waals surface area contributed by atoms with Crippen molar-refractivity contribution < 1.29 is 4.74 Å². The summed E-state index contributed by atoms with van der Waals surface area (Å²) in [4.78, 5) is 8.55. The Kier molecular flexibility index (Phi) is 10.5. The first kappa shape index (κ1) is 23.9. The Morgan fingerprint density at radius 1 is 1.32 bits per heavy atom. The van der Waals surface area contributed by atoms with E-state index in [9.17, 15) is 0 Å². The standard InChI is InChI=1S/C21H36N4OS.HI/c1-3-26-14-10-21(8-4-5-9-21)17-24-20(22-2)23-11-13-25-12-6-19-18(16-25)7-15-27-19;/h7,15H,3-6,8-14,16-17H2,1-2H3,(H2,22,23,24);1H. The number of nitrogens with one attached hydrogen (secondary N) is 2. The van der Waals surface area contributed by atoms with Crippen molar-refractivity contribution in [2.75, 3.05) is 46.4 Å². The molecule has 28 heavy (non-hydrogen) atoms. The summed E-state index contributed by atoms with van der Waals surface area (Å²) in [7, 11) is 1.87. The summed E-state index contributed by atoms with van der Waals surface area (Å²) >= 11 is 1.90. The van der Waals surface area contributed by atoms with Gasteiger partial charge in [-0.3, -0.25) is 9.89 Å². The summed E-state index contributed by atoms with van der Waals surface area (Å²) in [6.07, 6.45) is 7.66. The number of halogens is 1. The van der Waals surface area contributed by atoms with Gasteiger partial charge in [-0.1, -0.05) is 12.8 Å². The fourth-order valence-electron chi connectivity index (χ4n) is 4.40. The van der Waals surface area contributed by atoms with Crippen molar-refractivity contribution >= 4 is 41.3 Å². The molecule has 1 aromatic rings. The first-order valence-corrected chi connectivity index (χ1v) is 11.4. The molecule has 2 aliphatic rings. The van der Waals surface area contributed by atoms with Crippen LogP contribution in [0.1, 0.15) is 49.5 Å². The zero-order chi connectivity index (χ0) is 19.0. The van der Waals surface area contributed by atoms with E-state index in [2.05, 4.69) is 38.9 Å². The smallest absolute Gasteiger partial charge is 0.191 e. The number of hydrogen-bond acceptors (Lipinski definition) is 4. The van der Waals surface area contributed by atoms with E-state index in [0.717, 1.165) is 51.8 Å². The molecule has 0 unspecified atom stereocenters. The molecule has 0 spiro atoms. The number of thiophene rings is 1. The number of aliphatic imine (C=N–C) groups is 1. The van der Waals surface area contributed by atoms with Gasteiger partial charge in [0.1, 0.15) is 0 Å². The fourth-order valence-corrected chi connectivity index (χ4v) is 5.28. The molecule has 0 saturated heterocycles. The molecule has 5 nitrogen and oxygen atoms in total. The number of fused-ring (bicyclic) bond motifs is 1. The minimum absolute atomic E-state index is 0. The maximum atomic E-state index is 5.63. The van der Waals surface area contributed by atoms with Crippen LogP contribution in [-0.2, 0) is 17.7 Å². The summed E-state index contributed by atoms with van der Waals surface area (Å²) in [5.41, 5.74) is 1.90. The van der Waals surface area contributed by atoms with E-state index in [1.807, 2.05) is 18.4 Å². The van der Waals surface area contributed by atoms with Gasteiger partial charge in [-0.2, -0.15) is 0 Å². The maximum absolute atomic E-state index is 5.63. The molecule has 2 N–H and O–H groups in total. The van der Waals surface area contributed by atoms with E-state index in [1.165, 1.54) is 44.2 Å². The summed E-state index contributed by atoms with van der Waals surface area (Å²) < 4.78 is 5.63. The van der Waals surface area contributed by atoms with Gasteiger partial charge < -0.3 is 15.4 Å². The zero-order valence-electron chi connectivity index (χ0n) is 17.5. The Balaban J connectivity index is 0.00000280. The molecule has 0 amide bonds. The van der Waals surface area contributed by atoms with Crippen molar-refractivity contribution in [3.8, 4) is 0 Å². The highest BCUT2D eigenvalue weighted by Crippen LogP contribution is 2.40. The second kappa shape index (κ2) is 12.3. The van der Waals surface area contributed by atoms with Crippen molar-refractivity contribution in [3.05, 3.63) is 21.9 Å². The minimum Gasteiger partial charge on any atom is -0.382 e. The molecule has 1 aliphatic heterocycles. The average Bonchev–Trinajstić information content (AvgIpc) is 3.34. The molecule has 1 aromatic heterocycles. The van der Waals surface area contributed by atoms with Gasteiger partial charge in [0.25, 0.3) is 0 Å². The predicted octanol–water partition coefficient (Wildman–Crippen LogP) is 3.88. The number of nitrogens with zero attached hydrogens (tertiary/aromatic N) is 2. The Morgan fingerprint density at radius 3 is 2.89 bits per heavy atom. The highest BCUT2D eigenvalue weighted by Gasteiger charge is 2.33. The van der Waals surface area contributed by atoms with Gasteiger partial charge >= 0.3 is 0 Å². The molecule has 0 atom stereocenters. The summed E-state index contributed by atoms with van der Waals surface area (Å²) in [5, 5.41) is 9.33. The van der Waals surface area contributed by atoms with Crippen LogP contribution in [0.5, 0.6) is 0 Å². The molecule has 3 rings (SSSR count). The molecular weight excluding hydrogens is 483 g/mol. The van der Waals surface area contributed by atoms with Gasteiger partial charge in [0.2, 0.25) is 0 Å².